The molecule has 0 aliphatic carbocycles. The van der Waals surface area contributed by atoms with Crippen LogP contribution in [-0.2, 0) is 11.2 Å². The van der Waals surface area contributed by atoms with Gasteiger partial charge in [0.15, 0.2) is 5.15 Å². The zero-order valence-electron chi connectivity index (χ0n) is 12.5. The minimum atomic E-state index is 0.0854. The first kappa shape index (κ1) is 16.3. The summed E-state index contributed by atoms with van der Waals surface area (Å²) >= 11 is 5.68. The van der Waals surface area contributed by atoms with E-state index in [4.69, 9.17) is 16.1 Å². The fourth-order valence-corrected chi connectivity index (χ4v) is 2.98. The van der Waals surface area contributed by atoms with E-state index < -0.39 is 0 Å². The van der Waals surface area contributed by atoms with Gasteiger partial charge >= 0.3 is 0 Å². The van der Waals surface area contributed by atoms with Crippen molar-refractivity contribution in [2.45, 2.75) is 12.8 Å². The van der Waals surface area contributed by atoms with Crippen molar-refractivity contribution < 1.29 is 14.4 Å². The Labute approximate surface area is 129 Å². The fourth-order valence-electron chi connectivity index (χ4n) is 2.82. The third kappa shape index (κ3) is 4.43. The van der Waals surface area contributed by atoms with Crippen molar-refractivity contribution in [3.05, 3.63) is 17.0 Å². The van der Waals surface area contributed by atoms with Gasteiger partial charge in [-0.2, -0.15) is 0 Å². The Hall–Kier alpha value is -1.11. The second-order valence-electron chi connectivity index (χ2n) is 5.88. The van der Waals surface area contributed by atoms with Crippen LogP contribution in [0.25, 0.3) is 0 Å². The first-order chi connectivity index (χ1) is 9.99. The van der Waals surface area contributed by atoms with Gasteiger partial charge in [0.2, 0.25) is 5.91 Å². The molecule has 2 rings (SSSR count). The molecule has 7 heteroatoms. The molecular weight excluding hydrogens is 294 g/mol. The van der Waals surface area contributed by atoms with E-state index in [1.807, 2.05) is 19.0 Å². The van der Waals surface area contributed by atoms with Crippen molar-refractivity contribution in [2.75, 3.05) is 40.3 Å². The van der Waals surface area contributed by atoms with Crippen molar-refractivity contribution in [2.24, 2.45) is 11.8 Å². The van der Waals surface area contributed by atoms with Crippen LogP contribution in [0.2, 0.25) is 5.15 Å². The maximum atomic E-state index is 12.3. The lowest BCUT2D eigenvalue weighted by atomic mass is 9.97. The minimum absolute atomic E-state index is 0.0854. The molecule has 21 heavy (non-hydrogen) atoms. The Bertz CT molecular complexity index is 478. The first-order valence-corrected chi connectivity index (χ1v) is 7.52. The van der Waals surface area contributed by atoms with Gasteiger partial charge in [-0.1, -0.05) is 16.8 Å². The Morgan fingerprint density at radius 2 is 2.24 bits per heavy atom. The van der Waals surface area contributed by atoms with Gasteiger partial charge in [-0.3, -0.25) is 4.79 Å². The van der Waals surface area contributed by atoms with Gasteiger partial charge in [-0.15, -0.1) is 0 Å². The highest BCUT2D eigenvalue weighted by molar-refractivity contribution is 6.29. The molecule has 0 saturated carbocycles. The zero-order valence-corrected chi connectivity index (χ0v) is 13.2. The van der Waals surface area contributed by atoms with Crippen LogP contribution in [0.3, 0.4) is 0 Å². The number of carbonyl (C=O) groups excluding carboxylic acids is 1. The zero-order chi connectivity index (χ0) is 15.4. The molecular formula is C14H22ClN3O3. The lowest BCUT2D eigenvalue weighted by molar-refractivity contribution is -0.130. The summed E-state index contributed by atoms with van der Waals surface area (Å²) in [5, 5.41) is 13.4. The van der Waals surface area contributed by atoms with E-state index in [2.05, 4.69) is 10.1 Å². The summed E-state index contributed by atoms with van der Waals surface area (Å²) in [4.78, 5) is 16.2. The summed E-state index contributed by atoms with van der Waals surface area (Å²) in [6, 6.07) is 1.63. The molecule has 1 aliphatic heterocycles. The number of carbonyl (C=O) groups is 1. The van der Waals surface area contributed by atoms with Crippen molar-refractivity contribution >= 4 is 17.5 Å². The van der Waals surface area contributed by atoms with E-state index >= 15 is 0 Å². The molecule has 0 unspecified atom stereocenters. The van der Waals surface area contributed by atoms with Crippen LogP contribution in [0.5, 0.6) is 0 Å². The van der Waals surface area contributed by atoms with Gasteiger partial charge in [-0.05, 0) is 20.0 Å². The highest BCUT2D eigenvalue weighted by Crippen LogP contribution is 2.24. The minimum Gasteiger partial charge on any atom is -0.396 e. The molecule has 1 amide bonds. The van der Waals surface area contributed by atoms with Crippen LogP contribution in [0.4, 0.5) is 0 Å². The van der Waals surface area contributed by atoms with Crippen molar-refractivity contribution in [1.29, 1.82) is 0 Å². The van der Waals surface area contributed by atoms with E-state index in [0.717, 1.165) is 6.54 Å². The largest absolute Gasteiger partial charge is 0.396 e. The predicted molar refractivity (Wildman–Crippen MR) is 79.0 cm³/mol. The molecule has 2 heterocycles. The van der Waals surface area contributed by atoms with E-state index in [9.17, 15) is 9.90 Å². The number of aryl methyl sites for hydroxylation is 1. The van der Waals surface area contributed by atoms with Gasteiger partial charge in [0.25, 0.3) is 0 Å². The monoisotopic (exact) mass is 315 g/mol. The standard InChI is InChI=1S/C14H22ClN3O3/c1-17(2)6-10-7-18(8-11(10)9-19)14(20)4-3-12-5-13(15)16-21-12/h5,10-11,19H,3-4,6-9H2,1-2H3/t10-,11-/m1/s1. The summed E-state index contributed by atoms with van der Waals surface area (Å²) in [6.07, 6.45) is 0.871. The third-order valence-electron chi connectivity index (χ3n) is 3.88. The fraction of sp³-hybridized carbons (Fsp3) is 0.714. The molecule has 6 nitrogen and oxygen atoms in total. The van der Waals surface area contributed by atoms with Crippen molar-refractivity contribution in [3.8, 4) is 0 Å². The molecule has 1 saturated heterocycles. The third-order valence-corrected chi connectivity index (χ3v) is 4.06. The van der Waals surface area contributed by atoms with Crippen molar-refractivity contribution in [1.82, 2.24) is 15.0 Å². The molecule has 0 radical (unpaired) electrons. The summed E-state index contributed by atoms with van der Waals surface area (Å²) in [6.45, 7) is 2.34. The number of aliphatic hydroxyl groups excluding tert-OH is 1. The number of hydrogen-bond acceptors (Lipinski definition) is 5. The molecule has 1 aromatic rings. The first-order valence-electron chi connectivity index (χ1n) is 7.14. The van der Waals surface area contributed by atoms with Gasteiger partial charge in [0.05, 0.1) is 0 Å². The van der Waals surface area contributed by atoms with Crippen LogP contribution in [0, 0.1) is 11.8 Å². The highest BCUT2D eigenvalue weighted by atomic mass is 35.5. The predicted octanol–water partition coefficient (Wildman–Crippen LogP) is 0.889. The van der Waals surface area contributed by atoms with E-state index in [1.165, 1.54) is 0 Å². The summed E-state index contributed by atoms with van der Waals surface area (Å²) in [7, 11) is 4.01. The van der Waals surface area contributed by atoms with Gasteiger partial charge in [0.1, 0.15) is 5.76 Å². The number of halogens is 1. The molecule has 2 atom stereocenters. The van der Waals surface area contributed by atoms with Crippen molar-refractivity contribution in [3.63, 3.8) is 0 Å². The average Bonchev–Trinajstić information content (AvgIpc) is 3.01. The lowest BCUT2D eigenvalue weighted by Gasteiger charge is -2.20. The molecule has 1 aromatic heterocycles. The van der Waals surface area contributed by atoms with Crippen LogP contribution >= 0.6 is 11.6 Å². The van der Waals surface area contributed by atoms with Crippen LogP contribution in [-0.4, -0.2) is 66.3 Å². The Morgan fingerprint density at radius 1 is 1.52 bits per heavy atom. The maximum absolute atomic E-state index is 12.3. The number of rotatable bonds is 6. The summed E-state index contributed by atoms with van der Waals surface area (Å²) in [5.74, 6) is 1.20. The van der Waals surface area contributed by atoms with E-state index in [0.29, 0.717) is 42.8 Å². The quantitative estimate of drug-likeness (QED) is 0.844. The molecule has 118 valence electrons. The summed E-state index contributed by atoms with van der Waals surface area (Å²) in [5.41, 5.74) is 0. The normalized spacial score (nSPS) is 22.2. The number of aromatic nitrogens is 1. The number of hydrogen-bond donors (Lipinski definition) is 1. The number of likely N-dealkylation sites (tertiary alicyclic amines) is 1. The number of aliphatic hydroxyl groups is 1. The van der Waals surface area contributed by atoms with Crippen LogP contribution < -0.4 is 0 Å². The van der Waals surface area contributed by atoms with Gasteiger partial charge < -0.3 is 19.4 Å². The molecule has 0 bridgehead atoms. The molecule has 0 aromatic carbocycles. The van der Waals surface area contributed by atoms with Crippen LogP contribution in [0.1, 0.15) is 12.2 Å². The average molecular weight is 316 g/mol. The smallest absolute Gasteiger partial charge is 0.223 e. The lowest BCUT2D eigenvalue weighted by Crippen LogP contribution is -2.30. The number of amides is 1. The number of nitrogens with zero attached hydrogens (tertiary/aromatic N) is 3. The van der Waals surface area contributed by atoms with Gasteiger partial charge in [-0.25, -0.2) is 0 Å². The molecule has 1 N–H and O–H groups in total. The Morgan fingerprint density at radius 3 is 2.81 bits per heavy atom. The second-order valence-corrected chi connectivity index (χ2v) is 6.27. The van der Waals surface area contributed by atoms with Gasteiger partial charge in [0, 0.05) is 51.1 Å². The van der Waals surface area contributed by atoms with E-state index in [-0.39, 0.29) is 18.4 Å². The highest BCUT2D eigenvalue weighted by Gasteiger charge is 2.34. The second kappa shape index (κ2) is 7.24. The molecule has 1 fully saturated rings. The van der Waals surface area contributed by atoms with E-state index in [1.54, 1.807) is 6.07 Å². The maximum Gasteiger partial charge on any atom is 0.223 e. The van der Waals surface area contributed by atoms with Crippen LogP contribution in [0.15, 0.2) is 10.6 Å². The Kier molecular flexibility index (Phi) is 5.61. The molecule has 1 aliphatic rings. The molecule has 0 spiro atoms. The topological polar surface area (TPSA) is 69.8 Å². The Balaban J connectivity index is 1.85. The SMILES string of the molecule is CN(C)C[C@@H]1CN(C(=O)CCc2cc(Cl)no2)C[C@@H]1CO. The summed E-state index contributed by atoms with van der Waals surface area (Å²) < 4.78 is 4.99.